The number of imide groups is 1. The molecule has 0 atom stereocenters. The molecule has 1 heterocycles. The van der Waals surface area contributed by atoms with Gasteiger partial charge in [-0.1, -0.05) is 12.1 Å². The van der Waals surface area contributed by atoms with Gasteiger partial charge in [0.25, 0.3) is 11.1 Å². The molecule has 7 heteroatoms. The Morgan fingerprint density at radius 1 is 0.923 bits per heavy atom. The largest absolute Gasteiger partial charge is 0.497 e. The van der Waals surface area contributed by atoms with E-state index in [0.29, 0.717) is 27.8 Å². The van der Waals surface area contributed by atoms with Crippen LogP contribution in [0.15, 0.2) is 47.4 Å². The van der Waals surface area contributed by atoms with Gasteiger partial charge in [0.1, 0.15) is 17.2 Å². The molecule has 0 aliphatic carbocycles. The van der Waals surface area contributed by atoms with E-state index in [1.54, 1.807) is 37.5 Å². The number of hydrogen-bond donors (Lipinski definition) is 0. The second-order valence-electron chi connectivity index (χ2n) is 5.33. The zero-order chi connectivity index (χ0) is 18.7. The van der Waals surface area contributed by atoms with Crippen molar-refractivity contribution < 1.29 is 23.8 Å². The average Bonchev–Trinajstić information content (AvgIpc) is 2.94. The first-order valence-corrected chi connectivity index (χ1v) is 8.53. The third-order valence-corrected chi connectivity index (χ3v) is 4.68. The molecule has 0 N–H and O–H groups in total. The number of nitrogens with zero attached hydrogens (tertiary/aromatic N) is 1. The fraction of sp³-hybridized carbons (Fsp3) is 0.158. The monoisotopic (exact) mass is 371 g/mol. The molecule has 0 bridgehead atoms. The summed E-state index contributed by atoms with van der Waals surface area (Å²) in [5.74, 6) is 1.24. The number of carbonyl (C=O) groups excluding carboxylic acids is 2. The number of hydrogen-bond acceptors (Lipinski definition) is 6. The lowest BCUT2D eigenvalue weighted by Gasteiger charge is -2.16. The van der Waals surface area contributed by atoms with Gasteiger partial charge in [-0.15, -0.1) is 0 Å². The Balaban J connectivity index is 1.95. The molecule has 6 nitrogen and oxygen atoms in total. The molecule has 0 saturated carbocycles. The van der Waals surface area contributed by atoms with Gasteiger partial charge in [-0.2, -0.15) is 0 Å². The molecule has 1 saturated heterocycles. The summed E-state index contributed by atoms with van der Waals surface area (Å²) in [6.07, 6.45) is 1.67. The van der Waals surface area contributed by atoms with Gasteiger partial charge in [-0.25, -0.2) is 4.90 Å². The predicted octanol–water partition coefficient (Wildman–Crippen LogP) is 3.95. The first-order valence-electron chi connectivity index (χ1n) is 7.71. The van der Waals surface area contributed by atoms with Crippen LogP contribution in [-0.2, 0) is 4.79 Å². The average molecular weight is 371 g/mol. The minimum Gasteiger partial charge on any atom is -0.497 e. The second-order valence-corrected chi connectivity index (χ2v) is 6.32. The van der Waals surface area contributed by atoms with Crippen LogP contribution in [0, 0.1) is 0 Å². The summed E-state index contributed by atoms with van der Waals surface area (Å²) in [6.45, 7) is 0. The van der Waals surface area contributed by atoms with E-state index in [2.05, 4.69) is 0 Å². The number of anilines is 1. The highest BCUT2D eigenvalue weighted by Crippen LogP contribution is 2.41. The lowest BCUT2D eigenvalue weighted by Crippen LogP contribution is -2.28. The van der Waals surface area contributed by atoms with Gasteiger partial charge < -0.3 is 14.2 Å². The summed E-state index contributed by atoms with van der Waals surface area (Å²) < 4.78 is 15.6. The van der Waals surface area contributed by atoms with Crippen molar-refractivity contribution in [1.82, 2.24) is 0 Å². The highest BCUT2D eigenvalue weighted by Gasteiger charge is 2.37. The number of benzene rings is 2. The SMILES string of the molecule is COc1cccc(/C=C2\SC(=O)N(c3ccc(OC)cc3OC)C2=O)c1. The molecule has 0 aromatic heterocycles. The number of amides is 2. The van der Waals surface area contributed by atoms with Crippen molar-refractivity contribution in [3.8, 4) is 17.2 Å². The third-order valence-electron chi connectivity index (χ3n) is 3.81. The van der Waals surface area contributed by atoms with Crippen LogP contribution in [0.1, 0.15) is 5.56 Å². The van der Waals surface area contributed by atoms with Crippen LogP contribution in [-0.4, -0.2) is 32.5 Å². The highest BCUT2D eigenvalue weighted by molar-refractivity contribution is 8.19. The van der Waals surface area contributed by atoms with E-state index >= 15 is 0 Å². The molecule has 2 amide bonds. The Morgan fingerprint density at radius 2 is 1.65 bits per heavy atom. The van der Waals surface area contributed by atoms with Gasteiger partial charge in [0.05, 0.1) is 31.9 Å². The van der Waals surface area contributed by atoms with E-state index in [1.807, 2.05) is 18.2 Å². The van der Waals surface area contributed by atoms with E-state index in [-0.39, 0.29) is 5.24 Å². The molecule has 1 fully saturated rings. The molecule has 2 aromatic rings. The molecule has 1 aliphatic rings. The fourth-order valence-electron chi connectivity index (χ4n) is 2.53. The maximum Gasteiger partial charge on any atom is 0.298 e. The number of carbonyl (C=O) groups is 2. The van der Waals surface area contributed by atoms with Crippen LogP contribution in [0.25, 0.3) is 6.08 Å². The van der Waals surface area contributed by atoms with Gasteiger partial charge in [0, 0.05) is 6.07 Å². The Hall–Kier alpha value is -2.93. The molecule has 134 valence electrons. The van der Waals surface area contributed by atoms with Crippen molar-refractivity contribution >= 4 is 34.7 Å². The topological polar surface area (TPSA) is 65.1 Å². The molecule has 1 aliphatic heterocycles. The van der Waals surface area contributed by atoms with Crippen molar-refractivity contribution in [3.05, 3.63) is 52.9 Å². The molecular formula is C19H17NO5S. The fourth-order valence-corrected chi connectivity index (χ4v) is 3.36. The van der Waals surface area contributed by atoms with Crippen LogP contribution >= 0.6 is 11.8 Å². The van der Waals surface area contributed by atoms with E-state index < -0.39 is 5.91 Å². The molecule has 0 spiro atoms. The number of methoxy groups -OCH3 is 3. The van der Waals surface area contributed by atoms with Crippen molar-refractivity contribution in [2.24, 2.45) is 0 Å². The maximum atomic E-state index is 12.8. The molecule has 0 unspecified atom stereocenters. The summed E-state index contributed by atoms with van der Waals surface area (Å²) in [5.41, 5.74) is 1.15. The van der Waals surface area contributed by atoms with Gasteiger partial charge >= 0.3 is 0 Å². The lowest BCUT2D eigenvalue weighted by atomic mass is 10.2. The zero-order valence-electron chi connectivity index (χ0n) is 14.5. The maximum absolute atomic E-state index is 12.8. The summed E-state index contributed by atoms with van der Waals surface area (Å²) in [5, 5.41) is -0.382. The van der Waals surface area contributed by atoms with Crippen molar-refractivity contribution in [3.63, 3.8) is 0 Å². The normalized spacial score (nSPS) is 15.5. The van der Waals surface area contributed by atoms with E-state index in [0.717, 1.165) is 22.2 Å². The summed E-state index contributed by atoms with van der Waals surface area (Å²) in [6, 6.07) is 12.2. The van der Waals surface area contributed by atoms with Gasteiger partial charge in [0.2, 0.25) is 0 Å². The lowest BCUT2D eigenvalue weighted by molar-refractivity contribution is -0.113. The standard InChI is InChI=1S/C19H17NO5S/c1-23-13-6-4-5-12(9-13)10-17-18(21)20(19(22)26-17)15-8-7-14(24-2)11-16(15)25-3/h4-11H,1-3H3/b17-10-. The van der Waals surface area contributed by atoms with Crippen molar-refractivity contribution in [1.29, 1.82) is 0 Å². The molecule has 0 radical (unpaired) electrons. The Kier molecular flexibility index (Phi) is 5.18. The minimum absolute atomic E-state index is 0.334. The Morgan fingerprint density at radius 3 is 2.35 bits per heavy atom. The summed E-state index contributed by atoms with van der Waals surface area (Å²) in [4.78, 5) is 26.7. The van der Waals surface area contributed by atoms with Crippen molar-refractivity contribution in [2.45, 2.75) is 0 Å². The molecule has 3 rings (SSSR count). The van der Waals surface area contributed by atoms with Crippen LogP contribution in [0.2, 0.25) is 0 Å². The van der Waals surface area contributed by atoms with E-state index in [9.17, 15) is 9.59 Å². The first-order chi connectivity index (χ1) is 12.6. The van der Waals surface area contributed by atoms with Gasteiger partial charge in [-0.3, -0.25) is 9.59 Å². The summed E-state index contributed by atoms with van der Waals surface area (Å²) >= 11 is 0.885. The van der Waals surface area contributed by atoms with E-state index in [4.69, 9.17) is 14.2 Å². The minimum atomic E-state index is -0.397. The number of thioether (sulfide) groups is 1. The molecule has 26 heavy (non-hydrogen) atoms. The third kappa shape index (κ3) is 3.39. The van der Waals surface area contributed by atoms with Gasteiger partial charge in [0.15, 0.2) is 0 Å². The van der Waals surface area contributed by atoms with Crippen LogP contribution in [0.5, 0.6) is 17.2 Å². The molecular weight excluding hydrogens is 354 g/mol. The first kappa shape index (κ1) is 17.9. The molecule has 2 aromatic carbocycles. The number of rotatable bonds is 5. The second kappa shape index (κ2) is 7.53. The van der Waals surface area contributed by atoms with Gasteiger partial charge in [-0.05, 0) is 47.7 Å². The number of ether oxygens (including phenoxy) is 3. The van der Waals surface area contributed by atoms with Crippen molar-refractivity contribution in [2.75, 3.05) is 26.2 Å². The summed E-state index contributed by atoms with van der Waals surface area (Å²) in [7, 11) is 4.58. The highest BCUT2D eigenvalue weighted by atomic mass is 32.2. The zero-order valence-corrected chi connectivity index (χ0v) is 15.3. The Labute approximate surface area is 155 Å². The smallest absolute Gasteiger partial charge is 0.298 e. The van der Waals surface area contributed by atoms with Crippen LogP contribution < -0.4 is 19.1 Å². The predicted molar refractivity (Wildman–Crippen MR) is 101 cm³/mol. The Bertz CT molecular complexity index is 893. The van der Waals surface area contributed by atoms with Crippen LogP contribution in [0.4, 0.5) is 10.5 Å². The van der Waals surface area contributed by atoms with E-state index in [1.165, 1.54) is 14.2 Å². The van der Waals surface area contributed by atoms with Crippen LogP contribution in [0.3, 0.4) is 0 Å². The quantitative estimate of drug-likeness (QED) is 0.742.